The van der Waals surface area contributed by atoms with Crippen LogP contribution in [0.1, 0.15) is 28.9 Å². The molecule has 1 heterocycles. The zero-order valence-corrected chi connectivity index (χ0v) is 23.2. The van der Waals surface area contributed by atoms with Crippen molar-refractivity contribution in [3.63, 3.8) is 0 Å². The summed E-state index contributed by atoms with van der Waals surface area (Å²) in [6.07, 6.45) is 2.33. The molecule has 0 saturated heterocycles. The van der Waals surface area contributed by atoms with E-state index in [2.05, 4.69) is 168 Å². The summed E-state index contributed by atoms with van der Waals surface area (Å²) in [5.41, 5.74) is 7.30. The normalized spacial score (nSPS) is 16.8. The van der Waals surface area contributed by atoms with E-state index in [0.717, 1.165) is 5.70 Å². The highest BCUT2D eigenvalue weighted by atomic mass is 15.2. The molecule has 0 spiro atoms. The maximum Gasteiger partial charge on any atom is 0.104 e. The Morgan fingerprint density at radius 2 is 1.10 bits per heavy atom. The minimum atomic E-state index is -0.0499. The van der Waals surface area contributed by atoms with Crippen molar-refractivity contribution in [1.29, 1.82) is 0 Å². The summed E-state index contributed by atoms with van der Waals surface area (Å²) >= 11 is 0. The lowest BCUT2D eigenvalue weighted by Gasteiger charge is -2.34. The van der Waals surface area contributed by atoms with E-state index >= 15 is 0 Å². The number of hydrogen-bond acceptors (Lipinski definition) is 2. The SMILES string of the molecule is C1=C(c2c3ccccc3cc3c2ccc2ccccc23)NC(c2ccccc2)NC1c1cccc(-c2ccccc2)c1. The minimum absolute atomic E-state index is 0.0181. The minimum Gasteiger partial charge on any atom is -0.366 e. The van der Waals surface area contributed by atoms with Crippen LogP contribution in [0.4, 0.5) is 0 Å². The third-order valence-electron chi connectivity index (χ3n) is 8.50. The predicted molar refractivity (Wildman–Crippen MR) is 177 cm³/mol. The van der Waals surface area contributed by atoms with Gasteiger partial charge in [0.2, 0.25) is 0 Å². The van der Waals surface area contributed by atoms with Crippen molar-refractivity contribution in [1.82, 2.24) is 10.6 Å². The number of nitrogens with one attached hydrogen (secondary N) is 2. The van der Waals surface area contributed by atoms with E-state index in [0.29, 0.717) is 0 Å². The monoisotopic (exact) mass is 538 g/mol. The van der Waals surface area contributed by atoms with Gasteiger partial charge in [0.25, 0.3) is 0 Å². The molecule has 1 aliphatic rings. The summed E-state index contributed by atoms with van der Waals surface area (Å²) in [5, 5.41) is 15.4. The first kappa shape index (κ1) is 24.6. The van der Waals surface area contributed by atoms with Crippen LogP contribution in [-0.2, 0) is 0 Å². The number of rotatable bonds is 4. The van der Waals surface area contributed by atoms with E-state index in [1.165, 1.54) is 60.1 Å². The lowest BCUT2D eigenvalue weighted by Crippen LogP contribution is -2.39. The Labute approximate surface area is 246 Å². The highest BCUT2D eigenvalue weighted by Crippen LogP contribution is 2.39. The smallest absolute Gasteiger partial charge is 0.104 e. The molecule has 2 unspecified atom stereocenters. The first-order valence-electron chi connectivity index (χ1n) is 14.6. The molecule has 7 aromatic rings. The van der Waals surface area contributed by atoms with Crippen molar-refractivity contribution in [2.45, 2.75) is 12.2 Å². The van der Waals surface area contributed by atoms with E-state index < -0.39 is 0 Å². The Kier molecular flexibility index (Phi) is 6.05. The van der Waals surface area contributed by atoms with Gasteiger partial charge in [-0.1, -0.05) is 140 Å². The van der Waals surface area contributed by atoms with Crippen molar-refractivity contribution >= 4 is 38.0 Å². The third kappa shape index (κ3) is 4.34. The van der Waals surface area contributed by atoms with Crippen molar-refractivity contribution in [3.8, 4) is 11.1 Å². The van der Waals surface area contributed by atoms with Crippen molar-refractivity contribution in [2.24, 2.45) is 0 Å². The van der Waals surface area contributed by atoms with Gasteiger partial charge < -0.3 is 5.32 Å². The lowest BCUT2D eigenvalue weighted by atomic mass is 9.89. The molecule has 0 aromatic heterocycles. The quantitative estimate of drug-likeness (QED) is 0.172. The molecular weight excluding hydrogens is 508 g/mol. The van der Waals surface area contributed by atoms with Crippen LogP contribution in [0.5, 0.6) is 0 Å². The molecule has 2 nitrogen and oxygen atoms in total. The van der Waals surface area contributed by atoms with Crippen LogP contribution in [-0.4, -0.2) is 0 Å². The fourth-order valence-electron chi connectivity index (χ4n) is 6.47. The Morgan fingerprint density at radius 1 is 0.429 bits per heavy atom. The van der Waals surface area contributed by atoms with Crippen LogP contribution < -0.4 is 10.6 Å². The molecule has 42 heavy (non-hydrogen) atoms. The van der Waals surface area contributed by atoms with Gasteiger partial charge in [0.15, 0.2) is 0 Å². The van der Waals surface area contributed by atoms with Crippen molar-refractivity contribution < 1.29 is 0 Å². The topological polar surface area (TPSA) is 24.1 Å². The van der Waals surface area contributed by atoms with E-state index in [9.17, 15) is 0 Å². The van der Waals surface area contributed by atoms with Crippen LogP contribution in [0.25, 0.3) is 49.1 Å². The molecule has 0 fully saturated rings. The summed E-state index contributed by atoms with van der Waals surface area (Å²) in [6.45, 7) is 0. The molecule has 0 bridgehead atoms. The second-order valence-corrected chi connectivity index (χ2v) is 11.1. The molecule has 8 rings (SSSR count). The van der Waals surface area contributed by atoms with Crippen molar-refractivity contribution in [3.05, 3.63) is 174 Å². The van der Waals surface area contributed by atoms with E-state index in [4.69, 9.17) is 0 Å². The Hall–Kier alpha value is -5.18. The fraction of sp³-hybridized carbons (Fsp3) is 0.0500. The summed E-state index contributed by atoms with van der Waals surface area (Å²) in [6, 6.07) is 54.6. The first-order chi connectivity index (χ1) is 20.8. The zero-order valence-electron chi connectivity index (χ0n) is 23.2. The van der Waals surface area contributed by atoms with Crippen LogP contribution in [0.15, 0.2) is 158 Å². The predicted octanol–water partition coefficient (Wildman–Crippen LogP) is 9.79. The van der Waals surface area contributed by atoms with Gasteiger partial charge in [-0.15, -0.1) is 0 Å². The number of benzene rings is 7. The average molecular weight is 539 g/mol. The van der Waals surface area contributed by atoms with Crippen molar-refractivity contribution in [2.75, 3.05) is 0 Å². The van der Waals surface area contributed by atoms with Gasteiger partial charge in [-0.3, -0.25) is 5.32 Å². The molecule has 1 aliphatic heterocycles. The average Bonchev–Trinajstić information content (AvgIpc) is 3.08. The van der Waals surface area contributed by atoms with E-state index in [1.54, 1.807) is 0 Å². The van der Waals surface area contributed by atoms with Gasteiger partial charge in [-0.2, -0.15) is 0 Å². The zero-order chi connectivity index (χ0) is 27.9. The van der Waals surface area contributed by atoms with Crippen LogP contribution in [0.3, 0.4) is 0 Å². The second-order valence-electron chi connectivity index (χ2n) is 11.1. The molecule has 2 N–H and O–H groups in total. The molecule has 0 saturated carbocycles. The molecule has 0 amide bonds. The van der Waals surface area contributed by atoms with Crippen LogP contribution >= 0.6 is 0 Å². The van der Waals surface area contributed by atoms with E-state index in [-0.39, 0.29) is 12.2 Å². The van der Waals surface area contributed by atoms with Crippen LogP contribution in [0.2, 0.25) is 0 Å². The van der Waals surface area contributed by atoms with Gasteiger partial charge in [-0.25, -0.2) is 0 Å². The summed E-state index contributed by atoms with van der Waals surface area (Å²) in [7, 11) is 0. The van der Waals surface area contributed by atoms with Crippen LogP contribution in [0, 0.1) is 0 Å². The first-order valence-corrected chi connectivity index (χ1v) is 14.6. The molecule has 7 aromatic carbocycles. The lowest BCUT2D eigenvalue weighted by molar-refractivity contribution is 0.443. The maximum absolute atomic E-state index is 3.91. The van der Waals surface area contributed by atoms with Gasteiger partial charge in [0, 0.05) is 11.3 Å². The summed E-state index contributed by atoms with van der Waals surface area (Å²) < 4.78 is 0. The molecular formula is C40H30N2. The maximum atomic E-state index is 3.91. The second kappa shape index (κ2) is 10.3. The molecule has 200 valence electrons. The number of hydrogen-bond donors (Lipinski definition) is 2. The Balaban J connectivity index is 1.36. The molecule has 0 aliphatic carbocycles. The van der Waals surface area contributed by atoms with E-state index in [1.807, 2.05) is 0 Å². The highest BCUT2D eigenvalue weighted by molar-refractivity contribution is 6.17. The summed E-state index contributed by atoms with van der Waals surface area (Å²) in [5.74, 6) is 0. The fourth-order valence-corrected chi connectivity index (χ4v) is 6.47. The number of fused-ring (bicyclic) bond motifs is 4. The molecule has 2 atom stereocenters. The standard InChI is InChI=1S/C40H30N2/c1-3-12-27(13-4-1)30-18-11-19-32(24-30)37-26-38(42-40(41-37)29-15-5-2-6-16-29)39-34-21-10-8-17-31(34)25-36-33-20-9-7-14-28(33)22-23-35(36)39/h1-26,37,40-42H. The summed E-state index contributed by atoms with van der Waals surface area (Å²) in [4.78, 5) is 0. The highest BCUT2D eigenvalue weighted by Gasteiger charge is 2.26. The van der Waals surface area contributed by atoms with Gasteiger partial charge >= 0.3 is 0 Å². The largest absolute Gasteiger partial charge is 0.366 e. The van der Waals surface area contributed by atoms with Gasteiger partial charge in [-0.05, 0) is 72.8 Å². The Morgan fingerprint density at radius 3 is 1.93 bits per heavy atom. The Bertz CT molecular complexity index is 2090. The molecule has 0 radical (unpaired) electrons. The van der Waals surface area contributed by atoms with Gasteiger partial charge in [0.05, 0.1) is 6.04 Å². The van der Waals surface area contributed by atoms with Gasteiger partial charge in [0.1, 0.15) is 6.17 Å². The third-order valence-corrected chi connectivity index (χ3v) is 8.50. The molecule has 2 heteroatoms.